The molecule has 0 aliphatic carbocycles. The van der Waals surface area contributed by atoms with Crippen LogP contribution in [0.5, 0.6) is 0 Å². The highest BCUT2D eigenvalue weighted by Gasteiger charge is 2.19. The molecule has 0 amide bonds. The standard InChI is InChI=1S/C15H18F2N2S/c1-4-18-8-12-14(9(2)3)19-15(20-12)13-10(16)6-5-7-11(13)17/h5-7,9,18H,4,8H2,1-3H3. The van der Waals surface area contributed by atoms with E-state index in [2.05, 4.69) is 10.3 Å². The molecule has 2 aromatic rings. The van der Waals surface area contributed by atoms with Gasteiger partial charge in [-0.25, -0.2) is 13.8 Å². The SMILES string of the molecule is CCNCc1sc(-c2c(F)cccc2F)nc1C(C)C. The normalized spacial score (nSPS) is 11.3. The van der Waals surface area contributed by atoms with E-state index in [1.54, 1.807) is 0 Å². The molecule has 2 nitrogen and oxygen atoms in total. The predicted molar refractivity (Wildman–Crippen MR) is 78.9 cm³/mol. The number of nitrogens with one attached hydrogen (secondary N) is 1. The Balaban J connectivity index is 2.47. The number of benzene rings is 1. The maximum atomic E-state index is 13.8. The van der Waals surface area contributed by atoms with Crippen LogP contribution in [0.15, 0.2) is 18.2 Å². The molecule has 2 rings (SSSR count). The molecule has 0 aliphatic heterocycles. The lowest BCUT2D eigenvalue weighted by Gasteiger charge is -2.04. The minimum atomic E-state index is -0.566. The predicted octanol–water partition coefficient (Wildman–Crippen LogP) is 4.32. The van der Waals surface area contributed by atoms with Crippen LogP contribution in [0.25, 0.3) is 10.6 Å². The minimum Gasteiger partial charge on any atom is -0.312 e. The zero-order valence-corrected chi connectivity index (χ0v) is 12.7. The third kappa shape index (κ3) is 3.04. The van der Waals surface area contributed by atoms with Crippen LogP contribution in [0.1, 0.15) is 37.3 Å². The molecule has 108 valence electrons. The Morgan fingerprint density at radius 1 is 1.25 bits per heavy atom. The molecular formula is C15H18F2N2S. The average Bonchev–Trinajstić information content (AvgIpc) is 2.80. The molecule has 5 heteroatoms. The molecule has 1 heterocycles. The third-order valence-corrected chi connectivity index (χ3v) is 4.08. The first kappa shape index (κ1) is 15.1. The first-order chi connectivity index (χ1) is 9.54. The van der Waals surface area contributed by atoms with Gasteiger partial charge in [0.05, 0.1) is 11.3 Å². The summed E-state index contributed by atoms with van der Waals surface area (Å²) in [5, 5.41) is 3.65. The lowest BCUT2D eigenvalue weighted by atomic mass is 10.1. The zero-order valence-electron chi connectivity index (χ0n) is 11.8. The van der Waals surface area contributed by atoms with Crippen LogP contribution in [0.3, 0.4) is 0 Å². The van der Waals surface area contributed by atoms with Gasteiger partial charge in [-0.2, -0.15) is 0 Å². The van der Waals surface area contributed by atoms with Crippen LogP contribution in [0.4, 0.5) is 8.78 Å². The summed E-state index contributed by atoms with van der Waals surface area (Å²) in [6.45, 7) is 7.61. The Morgan fingerprint density at radius 2 is 1.90 bits per heavy atom. The van der Waals surface area contributed by atoms with Gasteiger partial charge in [0.2, 0.25) is 0 Å². The van der Waals surface area contributed by atoms with Crippen molar-refractivity contribution in [1.29, 1.82) is 0 Å². The first-order valence-corrected chi connectivity index (χ1v) is 7.51. The molecule has 0 saturated heterocycles. The van der Waals surface area contributed by atoms with E-state index < -0.39 is 11.6 Å². The van der Waals surface area contributed by atoms with Crippen LogP contribution in [-0.4, -0.2) is 11.5 Å². The maximum absolute atomic E-state index is 13.8. The number of halogens is 2. The quantitative estimate of drug-likeness (QED) is 0.888. The average molecular weight is 296 g/mol. The fourth-order valence-corrected chi connectivity index (χ4v) is 3.22. The number of aromatic nitrogens is 1. The van der Waals surface area contributed by atoms with Crippen LogP contribution in [0.2, 0.25) is 0 Å². The van der Waals surface area contributed by atoms with Crippen molar-refractivity contribution in [1.82, 2.24) is 10.3 Å². The number of rotatable bonds is 5. The van der Waals surface area contributed by atoms with E-state index in [1.165, 1.54) is 29.5 Å². The van der Waals surface area contributed by atoms with Crippen LogP contribution >= 0.6 is 11.3 Å². The molecular weight excluding hydrogens is 278 g/mol. The summed E-state index contributed by atoms with van der Waals surface area (Å²) in [4.78, 5) is 5.49. The topological polar surface area (TPSA) is 24.9 Å². The Kier molecular flexibility index (Phi) is 4.83. The number of hydrogen-bond acceptors (Lipinski definition) is 3. The lowest BCUT2D eigenvalue weighted by molar-refractivity contribution is 0.589. The zero-order chi connectivity index (χ0) is 14.7. The summed E-state index contributed by atoms with van der Waals surface area (Å²) >= 11 is 1.36. The van der Waals surface area contributed by atoms with Crippen LogP contribution in [-0.2, 0) is 6.54 Å². The van der Waals surface area contributed by atoms with Crippen LogP contribution < -0.4 is 5.32 Å². The van der Waals surface area contributed by atoms with Crippen molar-refractivity contribution in [3.63, 3.8) is 0 Å². The summed E-state index contributed by atoms with van der Waals surface area (Å²) in [7, 11) is 0. The van der Waals surface area contributed by atoms with Crippen molar-refractivity contribution < 1.29 is 8.78 Å². The van der Waals surface area contributed by atoms with Crippen molar-refractivity contribution >= 4 is 11.3 Å². The van der Waals surface area contributed by atoms with Gasteiger partial charge in [-0.05, 0) is 24.6 Å². The molecule has 1 aromatic heterocycles. The first-order valence-electron chi connectivity index (χ1n) is 6.69. The van der Waals surface area contributed by atoms with Gasteiger partial charge < -0.3 is 5.32 Å². The van der Waals surface area contributed by atoms with Gasteiger partial charge >= 0.3 is 0 Å². The Labute approximate surface area is 121 Å². The van der Waals surface area contributed by atoms with Gasteiger partial charge in [-0.1, -0.05) is 26.8 Å². The fourth-order valence-electron chi connectivity index (χ4n) is 1.99. The van der Waals surface area contributed by atoms with E-state index >= 15 is 0 Å². The van der Waals surface area contributed by atoms with E-state index in [1.807, 2.05) is 20.8 Å². The van der Waals surface area contributed by atoms with E-state index in [4.69, 9.17) is 0 Å². The minimum absolute atomic E-state index is 0.0258. The summed E-state index contributed by atoms with van der Waals surface area (Å²) in [5.41, 5.74) is 0.885. The Hall–Kier alpha value is -1.33. The van der Waals surface area contributed by atoms with E-state index in [-0.39, 0.29) is 11.5 Å². The van der Waals surface area contributed by atoms with Gasteiger partial charge in [-0.3, -0.25) is 0 Å². The molecule has 0 bridgehead atoms. The monoisotopic (exact) mass is 296 g/mol. The number of hydrogen-bond donors (Lipinski definition) is 1. The Bertz CT molecular complexity index is 573. The van der Waals surface area contributed by atoms with Gasteiger partial charge in [0.25, 0.3) is 0 Å². The van der Waals surface area contributed by atoms with E-state index in [0.717, 1.165) is 17.1 Å². The highest BCUT2D eigenvalue weighted by Crippen LogP contribution is 2.34. The molecule has 0 radical (unpaired) electrons. The van der Waals surface area contributed by atoms with Crippen molar-refractivity contribution in [2.75, 3.05) is 6.54 Å². The summed E-state index contributed by atoms with van der Waals surface area (Å²) in [5.74, 6) is -0.906. The van der Waals surface area contributed by atoms with E-state index in [0.29, 0.717) is 11.6 Å². The van der Waals surface area contributed by atoms with Crippen molar-refractivity contribution in [3.8, 4) is 10.6 Å². The molecule has 0 unspecified atom stereocenters. The third-order valence-electron chi connectivity index (χ3n) is 2.99. The van der Waals surface area contributed by atoms with Crippen molar-refractivity contribution in [3.05, 3.63) is 40.4 Å². The van der Waals surface area contributed by atoms with Crippen molar-refractivity contribution in [2.24, 2.45) is 0 Å². The Morgan fingerprint density at radius 3 is 2.45 bits per heavy atom. The fraction of sp³-hybridized carbons (Fsp3) is 0.400. The largest absolute Gasteiger partial charge is 0.312 e. The number of thiazole rings is 1. The molecule has 0 aliphatic rings. The maximum Gasteiger partial charge on any atom is 0.136 e. The molecule has 20 heavy (non-hydrogen) atoms. The molecule has 0 atom stereocenters. The highest BCUT2D eigenvalue weighted by atomic mass is 32.1. The summed E-state index contributed by atoms with van der Waals surface area (Å²) in [6.07, 6.45) is 0. The lowest BCUT2D eigenvalue weighted by Crippen LogP contribution is -2.12. The molecule has 1 aromatic carbocycles. The second-order valence-electron chi connectivity index (χ2n) is 4.86. The van der Waals surface area contributed by atoms with Gasteiger partial charge in [-0.15, -0.1) is 11.3 Å². The smallest absolute Gasteiger partial charge is 0.136 e. The molecule has 0 spiro atoms. The molecule has 1 N–H and O–H groups in total. The number of nitrogens with zero attached hydrogens (tertiary/aromatic N) is 1. The van der Waals surface area contributed by atoms with E-state index in [9.17, 15) is 8.78 Å². The van der Waals surface area contributed by atoms with Crippen molar-refractivity contribution in [2.45, 2.75) is 33.2 Å². The van der Waals surface area contributed by atoms with Gasteiger partial charge in [0, 0.05) is 11.4 Å². The second kappa shape index (κ2) is 6.41. The molecule has 0 saturated carbocycles. The van der Waals surface area contributed by atoms with Gasteiger partial charge in [0.1, 0.15) is 16.6 Å². The molecule has 0 fully saturated rings. The van der Waals surface area contributed by atoms with Gasteiger partial charge in [0.15, 0.2) is 0 Å². The van der Waals surface area contributed by atoms with Crippen LogP contribution in [0, 0.1) is 11.6 Å². The summed E-state index contributed by atoms with van der Waals surface area (Å²) < 4.78 is 27.7. The second-order valence-corrected chi connectivity index (χ2v) is 5.94. The summed E-state index contributed by atoms with van der Waals surface area (Å²) in [6, 6.07) is 3.89. The highest BCUT2D eigenvalue weighted by molar-refractivity contribution is 7.15.